The summed E-state index contributed by atoms with van der Waals surface area (Å²) in [4.78, 5) is 25.6. The highest BCUT2D eigenvalue weighted by molar-refractivity contribution is 8.18. The number of halogens is 1. The summed E-state index contributed by atoms with van der Waals surface area (Å²) in [6, 6.07) is 15.4. The molecule has 2 N–H and O–H groups in total. The molecule has 2 aromatic rings. The number of nitrogens with zero attached hydrogens (tertiary/aromatic N) is 1. The number of amides is 2. The van der Waals surface area contributed by atoms with E-state index in [1.807, 2.05) is 48.5 Å². The van der Waals surface area contributed by atoms with Gasteiger partial charge in [-0.2, -0.15) is 0 Å². The molecule has 1 aliphatic heterocycles. The number of rotatable bonds is 4. The molecule has 122 valence electrons. The molecular formula is C18H15ClN2O2S. The van der Waals surface area contributed by atoms with E-state index in [9.17, 15) is 9.59 Å². The normalized spacial score (nSPS) is 16.2. The van der Waals surface area contributed by atoms with Crippen molar-refractivity contribution in [3.63, 3.8) is 0 Å². The van der Waals surface area contributed by atoms with Crippen LogP contribution in [0.4, 0.5) is 4.79 Å². The number of thioether (sulfide) groups is 1. The molecule has 2 amide bonds. The van der Waals surface area contributed by atoms with Crippen LogP contribution in [0.15, 0.2) is 53.4 Å². The van der Waals surface area contributed by atoms with Crippen molar-refractivity contribution in [1.82, 2.24) is 4.90 Å². The zero-order valence-electron chi connectivity index (χ0n) is 12.7. The molecule has 6 heteroatoms. The molecule has 0 bridgehead atoms. The van der Waals surface area contributed by atoms with Crippen LogP contribution in [0.2, 0.25) is 5.02 Å². The fraction of sp³-hybridized carbons (Fsp3) is 0.111. The van der Waals surface area contributed by atoms with Gasteiger partial charge in [0.15, 0.2) is 0 Å². The minimum absolute atomic E-state index is 0.248. The summed E-state index contributed by atoms with van der Waals surface area (Å²) < 4.78 is 0. The van der Waals surface area contributed by atoms with Gasteiger partial charge in [0.2, 0.25) is 0 Å². The predicted octanol–water partition coefficient (Wildman–Crippen LogP) is 4.00. The minimum atomic E-state index is -0.280. The Bertz CT molecular complexity index is 801. The Morgan fingerprint density at radius 3 is 2.17 bits per heavy atom. The molecule has 1 fully saturated rings. The maximum Gasteiger partial charge on any atom is 0.293 e. The average Bonchev–Trinajstić information content (AvgIpc) is 2.84. The Kier molecular flexibility index (Phi) is 5.04. The van der Waals surface area contributed by atoms with E-state index in [-0.39, 0.29) is 24.2 Å². The molecule has 1 saturated heterocycles. The summed E-state index contributed by atoms with van der Waals surface area (Å²) in [5, 5.41) is 0.429. The molecular weight excluding hydrogens is 344 g/mol. The summed E-state index contributed by atoms with van der Waals surface area (Å²) >= 11 is 6.84. The summed E-state index contributed by atoms with van der Waals surface area (Å²) in [5.41, 5.74) is 8.42. The Balaban J connectivity index is 1.80. The molecule has 0 radical (unpaired) electrons. The standard InChI is InChI=1S/C18H15ClN2O2S/c19-15-7-5-14(6-8-15)13-3-1-12(2-4-13)11-16-17(22)21(10-9-20)18(23)24-16/h1-8,11H,9-10,20H2/b16-11-. The highest BCUT2D eigenvalue weighted by Crippen LogP contribution is 2.32. The van der Waals surface area contributed by atoms with Crippen LogP contribution in [0.3, 0.4) is 0 Å². The van der Waals surface area contributed by atoms with Crippen LogP contribution in [0.25, 0.3) is 17.2 Å². The third kappa shape index (κ3) is 3.53. The molecule has 0 aromatic heterocycles. The van der Waals surface area contributed by atoms with E-state index < -0.39 is 0 Å². The Morgan fingerprint density at radius 1 is 1.00 bits per heavy atom. The van der Waals surface area contributed by atoms with Gasteiger partial charge in [0, 0.05) is 18.1 Å². The molecule has 1 aliphatic rings. The molecule has 0 atom stereocenters. The zero-order chi connectivity index (χ0) is 17.1. The lowest BCUT2D eigenvalue weighted by Gasteiger charge is -2.09. The number of imide groups is 1. The van der Waals surface area contributed by atoms with Crippen LogP contribution in [0, 0.1) is 0 Å². The molecule has 0 aliphatic carbocycles. The van der Waals surface area contributed by atoms with Crippen LogP contribution < -0.4 is 5.73 Å². The van der Waals surface area contributed by atoms with Gasteiger partial charge in [0.05, 0.1) is 4.91 Å². The van der Waals surface area contributed by atoms with E-state index in [1.165, 1.54) is 4.90 Å². The largest absolute Gasteiger partial charge is 0.329 e. The molecule has 1 heterocycles. The third-order valence-electron chi connectivity index (χ3n) is 3.61. The van der Waals surface area contributed by atoms with Gasteiger partial charge in [-0.3, -0.25) is 14.5 Å². The van der Waals surface area contributed by atoms with Crippen LogP contribution >= 0.6 is 23.4 Å². The van der Waals surface area contributed by atoms with E-state index >= 15 is 0 Å². The monoisotopic (exact) mass is 358 g/mol. The first kappa shape index (κ1) is 16.8. The number of nitrogens with two attached hydrogens (primary N) is 1. The number of carbonyl (C=O) groups is 2. The SMILES string of the molecule is NCCN1C(=O)S/C(=C\c2ccc(-c3ccc(Cl)cc3)cc2)C1=O. The van der Waals surface area contributed by atoms with E-state index in [4.69, 9.17) is 17.3 Å². The minimum Gasteiger partial charge on any atom is -0.329 e. The van der Waals surface area contributed by atoms with Crippen LogP contribution in [0.5, 0.6) is 0 Å². The van der Waals surface area contributed by atoms with Crippen LogP contribution in [-0.2, 0) is 4.79 Å². The van der Waals surface area contributed by atoms with Gasteiger partial charge in [0.25, 0.3) is 11.1 Å². The fourth-order valence-corrected chi connectivity index (χ4v) is 3.38. The molecule has 3 rings (SSSR count). The lowest BCUT2D eigenvalue weighted by atomic mass is 10.0. The van der Waals surface area contributed by atoms with E-state index in [0.717, 1.165) is 28.5 Å². The summed E-state index contributed by atoms with van der Waals surface area (Å²) in [5.74, 6) is -0.280. The van der Waals surface area contributed by atoms with Crippen LogP contribution in [0.1, 0.15) is 5.56 Å². The first-order valence-electron chi connectivity index (χ1n) is 7.40. The predicted molar refractivity (Wildman–Crippen MR) is 98.6 cm³/mol. The van der Waals surface area contributed by atoms with E-state index in [0.29, 0.717) is 9.93 Å². The second-order valence-electron chi connectivity index (χ2n) is 5.25. The molecule has 4 nitrogen and oxygen atoms in total. The fourth-order valence-electron chi connectivity index (χ4n) is 2.39. The first-order chi connectivity index (χ1) is 11.6. The van der Waals surface area contributed by atoms with Crippen LogP contribution in [-0.4, -0.2) is 29.1 Å². The van der Waals surface area contributed by atoms with Crippen molar-refractivity contribution in [1.29, 1.82) is 0 Å². The van der Waals surface area contributed by atoms with Crippen molar-refractivity contribution < 1.29 is 9.59 Å². The number of hydrogen-bond donors (Lipinski definition) is 1. The van der Waals surface area contributed by atoms with Gasteiger partial charge in [0.1, 0.15) is 0 Å². The molecule has 0 spiro atoms. The second-order valence-corrected chi connectivity index (χ2v) is 6.68. The van der Waals surface area contributed by atoms with Crippen molar-refractivity contribution in [2.24, 2.45) is 5.73 Å². The number of hydrogen-bond acceptors (Lipinski definition) is 4. The summed E-state index contributed by atoms with van der Waals surface area (Å²) in [6.45, 7) is 0.513. The van der Waals surface area contributed by atoms with Gasteiger partial charge in [-0.05, 0) is 46.7 Å². The van der Waals surface area contributed by atoms with Crippen molar-refractivity contribution in [2.45, 2.75) is 0 Å². The number of carbonyl (C=O) groups excluding carboxylic acids is 2. The molecule has 24 heavy (non-hydrogen) atoms. The maximum atomic E-state index is 12.2. The lowest BCUT2D eigenvalue weighted by Crippen LogP contribution is -2.33. The molecule has 0 saturated carbocycles. The quantitative estimate of drug-likeness (QED) is 0.839. The lowest BCUT2D eigenvalue weighted by molar-refractivity contribution is -0.122. The van der Waals surface area contributed by atoms with Crippen molar-refractivity contribution in [3.8, 4) is 11.1 Å². The zero-order valence-corrected chi connectivity index (χ0v) is 14.3. The maximum absolute atomic E-state index is 12.2. The first-order valence-corrected chi connectivity index (χ1v) is 8.59. The summed E-state index contributed by atoms with van der Waals surface area (Å²) in [6.07, 6.45) is 1.73. The molecule has 2 aromatic carbocycles. The van der Waals surface area contributed by atoms with Gasteiger partial charge >= 0.3 is 0 Å². The van der Waals surface area contributed by atoms with Gasteiger partial charge in [-0.1, -0.05) is 48.0 Å². The highest BCUT2D eigenvalue weighted by Gasteiger charge is 2.34. The highest BCUT2D eigenvalue weighted by atomic mass is 35.5. The van der Waals surface area contributed by atoms with Gasteiger partial charge in [-0.15, -0.1) is 0 Å². The molecule has 0 unspecified atom stereocenters. The summed E-state index contributed by atoms with van der Waals surface area (Å²) in [7, 11) is 0. The second kappa shape index (κ2) is 7.21. The van der Waals surface area contributed by atoms with E-state index in [2.05, 4.69) is 0 Å². The Labute approximate surface area is 149 Å². The van der Waals surface area contributed by atoms with E-state index in [1.54, 1.807) is 6.08 Å². The van der Waals surface area contributed by atoms with Crippen molar-refractivity contribution >= 4 is 40.6 Å². The Hall–Kier alpha value is -2.08. The smallest absolute Gasteiger partial charge is 0.293 e. The van der Waals surface area contributed by atoms with Crippen molar-refractivity contribution in [3.05, 3.63) is 64.0 Å². The topological polar surface area (TPSA) is 63.4 Å². The average molecular weight is 359 g/mol. The Morgan fingerprint density at radius 2 is 1.58 bits per heavy atom. The van der Waals surface area contributed by atoms with Crippen molar-refractivity contribution in [2.75, 3.05) is 13.1 Å². The third-order valence-corrected chi connectivity index (χ3v) is 4.77. The van der Waals surface area contributed by atoms with Gasteiger partial charge < -0.3 is 5.73 Å². The van der Waals surface area contributed by atoms with Gasteiger partial charge in [-0.25, -0.2) is 0 Å². The number of benzene rings is 2.